The van der Waals surface area contributed by atoms with Gasteiger partial charge in [-0.25, -0.2) is 4.79 Å². The molecule has 1 heterocycles. The lowest BCUT2D eigenvalue weighted by atomic mass is 10.1. The first-order chi connectivity index (χ1) is 10.8. The first kappa shape index (κ1) is 23.4. The zero-order valence-corrected chi connectivity index (χ0v) is 18.4. The number of carbonyl (C=O) groups is 1. The van der Waals surface area contributed by atoms with E-state index in [1.165, 1.54) is 7.11 Å². The van der Waals surface area contributed by atoms with E-state index < -0.39 is 10.8 Å². The maximum absolute atomic E-state index is 12.0. The third-order valence-electron chi connectivity index (χ3n) is 3.76. The number of hydrogen-bond acceptors (Lipinski definition) is 4. The van der Waals surface area contributed by atoms with E-state index in [1.807, 2.05) is 20.8 Å². The van der Waals surface area contributed by atoms with Crippen molar-refractivity contribution >= 4 is 46.8 Å². The van der Waals surface area contributed by atoms with E-state index in [0.29, 0.717) is 31.3 Å². The fourth-order valence-corrected chi connectivity index (χ4v) is 3.19. The Balaban J connectivity index is 0.00000529. The molecule has 1 unspecified atom stereocenters. The van der Waals surface area contributed by atoms with Crippen LogP contribution in [0.5, 0.6) is 0 Å². The van der Waals surface area contributed by atoms with Crippen LogP contribution < -0.4 is 10.6 Å². The predicted molar refractivity (Wildman–Crippen MR) is 110 cm³/mol. The molecule has 0 aliphatic carbocycles. The first-order valence-corrected chi connectivity index (χ1v) is 9.28. The third-order valence-corrected chi connectivity index (χ3v) is 5.70. The number of aliphatic imine (C=N–C) groups is 1. The van der Waals surface area contributed by atoms with Crippen molar-refractivity contribution in [2.45, 2.75) is 44.4 Å². The summed E-state index contributed by atoms with van der Waals surface area (Å²) < 4.78 is 16.6. The van der Waals surface area contributed by atoms with Gasteiger partial charge in [0.05, 0.1) is 7.11 Å². The van der Waals surface area contributed by atoms with Crippen molar-refractivity contribution in [1.29, 1.82) is 0 Å². The van der Waals surface area contributed by atoms with Crippen molar-refractivity contribution in [3.05, 3.63) is 0 Å². The SMILES string of the molecule is CN=C(NCCS(=O)C(C)(C)C)NC1CCN(C(=O)OC)CC1.I. The van der Waals surface area contributed by atoms with Crippen LogP contribution in [0.4, 0.5) is 4.79 Å². The summed E-state index contributed by atoms with van der Waals surface area (Å²) in [5, 5.41) is 6.56. The van der Waals surface area contributed by atoms with Gasteiger partial charge in [-0.3, -0.25) is 9.20 Å². The second-order valence-electron chi connectivity index (χ2n) is 6.54. The van der Waals surface area contributed by atoms with E-state index in [1.54, 1.807) is 11.9 Å². The van der Waals surface area contributed by atoms with Gasteiger partial charge in [0.1, 0.15) is 0 Å². The molecular weight excluding hydrogens is 443 g/mol. The summed E-state index contributed by atoms with van der Waals surface area (Å²) in [6, 6.07) is 0.273. The average molecular weight is 474 g/mol. The molecule has 1 fully saturated rings. The minimum absolute atomic E-state index is 0. The van der Waals surface area contributed by atoms with Crippen molar-refractivity contribution in [3.63, 3.8) is 0 Å². The quantitative estimate of drug-likeness (QED) is 0.367. The molecule has 0 saturated carbocycles. The molecular formula is C15H31IN4O3S. The Labute approximate surface area is 164 Å². The van der Waals surface area contributed by atoms with Gasteiger partial charge in [-0.2, -0.15) is 0 Å². The molecule has 0 bridgehead atoms. The van der Waals surface area contributed by atoms with Gasteiger partial charge in [-0.1, -0.05) is 0 Å². The van der Waals surface area contributed by atoms with Crippen LogP contribution >= 0.6 is 24.0 Å². The van der Waals surface area contributed by atoms with Crippen molar-refractivity contribution in [1.82, 2.24) is 15.5 Å². The largest absolute Gasteiger partial charge is 0.453 e. The molecule has 2 N–H and O–H groups in total. The van der Waals surface area contributed by atoms with E-state index in [9.17, 15) is 9.00 Å². The monoisotopic (exact) mass is 474 g/mol. The predicted octanol–water partition coefficient (Wildman–Crippen LogP) is 1.55. The summed E-state index contributed by atoms with van der Waals surface area (Å²) in [6.07, 6.45) is 1.43. The number of halogens is 1. The van der Waals surface area contributed by atoms with E-state index in [4.69, 9.17) is 4.74 Å². The highest BCUT2D eigenvalue weighted by Crippen LogP contribution is 2.12. The molecule has 9 heteroatoms. The molecule has 7 nitrogen and oxygen atoms in total. The molecule has 1 amide bonds. The van der Waals surface area contributed by atoms with Crippen LogP contribution in [0.1, 0.15) is 33.6 Å². The Morgan fingerprint density at radius 3 is 2.38 bits per heavy atom. The number of piperidine rings is 1. The second kappa shape index (κ2) is 11.1. The maximum Gasteiger partial charge on any atom is 0.409 e. The molecule has 1 saturated heterocycles. The Bertz CT molecular complexity index is 446. The number of ether oxygens (including phenoxy) is 1. The fraction of sp³-hybridized carbons (Fsp3) is 0.867. The van der Waals surface area contributed by atoms with Crippen LogP contribution in [0.3, 0.4) is 0 Å². The van der Waals surface area contributed by atoms with Crippen LogP contribution in [-0.4, -0.2) is 71.5 Å². The summed E-state index contributed by atoms with van der Waals surface area (Å²) >= 11 is 0. The molecule has 142 valence electrons. The third kappa shape index (κ3) is 8.00. The Morgan fingerprint density at radius 1 is 1.33 bits per heavy atom. The molecule has 1 atom stereocenters. The van der Waals surface area contributed by atoms with Crippen LogP contribution in [0.15, 0.2) is 4.99 Å². The van der Waals surface area contributed by atoms with Crippen molar-refractivity contribution in [2.75, 3.05) is 39.5 Å². The summed E-state index contributed by atoms with van der Waals surface area (Å²) in [7, 11) is 2.25. The number of amides is 1. The zero-order valence-electron chi connectivity index (χ0n) is 15.3. The number of methoxy groups -OCH3 is 1. The smallest absolute Gasteiger partial charge is 0.409 e. The van der Waals surface area contributed by atoms with Gasteiger partial charge in [-0.15, -0.1) is 24.0 Å². The van der Waals surface area contributed by atoms with Gasteiger partial charge in [0.2, 0.25) is 0 Å². The highest BCUT2D eigenvalue weighted by molar-refractivity contribution is 14.0. The average Bonchev–Trinajstić information content (AvgIpc) is 2.52. The Kier molecular flexibility index (Phi) is 10.8. The second-order valence-corrected chi connectivity index (χ2v) is 8.86. The van der Waals surface area contributed by atoms with Crippen molar-refractivity contribution in [3.8, 4) is 0 Å². The number of hydrogen-bond donors (Lipinski definition) is 2. The summed E-state index contributed by atoms with van der Waals surface area (Å²) in [4.78, 5) is 17.4. The van der Waals surface area contributed by atoms with E-state index in [2.05, 4.69) is 15.6 Å². The normalized spacial score (nSPS) is 17.7. The van der Waals surface area contributed by atoms with Crippen LogP contribution in [0.25, 0.3) is 0 Å². The molecule has 0 aromatic rings. The molecule has 0 aromatic carbocycles. The van der Waals surface area contributed by atoms with Gasteiger partial charge in [0.25, 0.3) is 0 Å². The summed E-state index contributed by atoms with van der Waals surface area (Å²) in [5.41, 5.74) is 0. The molecule has 1 aliphatic heterocycles. The lowest BCUT2D eigenvalue weighted by Crippen LogP contribution is -2.50. The molecule has 0 spiro atoms. The molecule has 1 aliphatic rings. The zero-order chi connectivity index (χ0) is 17.5. The van der Waals surface area contributed by atoms with Crippen molar-refractivity contribution in [2.24, 2.45) is 4.99 Å². The molecule has 0 aromatic heterocycles. The Morgan fingerprint density at radius 2 is 1.92 bits per heavy atom. The van der Waals surface area contributed by atoms with Crippen LogP contribution in [-0.2, 0) is 15.5 Å². The van der Waals surface area contributed by atoms with Crippen molar-refractivity contribution < 1.29 is 13.7 Å². The Hall–Kier alpha value is -0.580. The minimum Gasteiger partial charge on any atom is -0.453 e. The van der Waals surface area contributed by atoms with Crippen LogP contribution in [0.2, 0.25) is 0 Å². The van der Waals surface area contributed by atoms with Gasteiger partial charge < -0.3 is 20.3 Å². The van der Waals surface area contributed by atoms with E-state index >= 15 is 0 Å². The van der Waals surface area contributed by atoms with Gasteiger partial charge in [0, 0.05) is 54.0 Å². The van der Waals surface area contributed by atoms with Crippen LogP contribution in [0, 0.1) is 0 Å². The standard InChI is InChI=1S/C15H30N4O3S.HI/c1-15(2,3)23(21)11-8-17-13(16-4)18-12-6-9-19(10-7-12)14(20)22-5;/h12H,6-11H2,1-5H3,(H2,16,17,18);1H. The number of rotatable bonds is 4. The van der Waals surface area contributed by atoms with E-state index in [-0.39, 0.29) is 40.9 Å². The topological polar surface area (TPSA) is 83.0 Å². The number of nitrogens with zero attached hydrogens (tertiary/aromatic N) is 2. The number of carbonyl (C=O) groups excluding carboxylic acids is 1. The van der Waals surface area contributed by atoms with Gasteiger partial charge in [0.15, 0.2) is 5.96 Å². The lowest BCUT2D eigenvalue weighted by Gasteiger charge is -2.32. The molecule has 24 heavy (non-hydrogen) atoms. The maximum atomic E-state index is 12.0. The minimum atomic E-state index is -0.877. The molecule has 0 radical (unpaired) electrons. The highest BCUT2D eigenvalue weighted by Gasteiger charge is 2.24. The summed E-state index contributed by atoms with van der Waals surface area (Å²) in [6.45, 7) is 7.90. The number of likely N-dealkylation sites (tertiary alicyclic amines) is 1. The van der Waals surface area contributed by atoms with Gasteiger partial charge in [-0.05, 0) is 33.6 Å². The number of nitrogens with one attached hydrogen (secondary N) is 2. The highest BCUT2D eigenvalue weighted by atomic mass is 127. The number of guanidine groups is 1. The molecule has 1 rings (SSSR count). The first-order valence-electron chi connectivity index (χ1n) is 7.96. The summed E-state index contributed by atoms with van der Waals surface area (Å²) in [5.74, 6) is 1.30. The van der Waals surface area contributed by atoms with Gasteiger partial charge >= 0.3 is 6.09 Å². The lowest BCUT2D eigenvalue weighted by molar-refractivity contribution is 0.111. The fourth-order valence-electron chi connectivity index (χ4n) is 2.29. The van der Waals surface area contributed by atoms with E-state index in [0.717, 1.165) is 12.8 Å².